The summed E-state index contributed by atoms with van der Waals surface area (Å²) >= 11 is 0. The highest BCUT2D eigenvalue weighted by Crippen LogP contribution is 2.45. The van der Waals surface area contributed by atoms with E-state index < -0.39 is 97.5 Å². The Hall–Kier alpha value is -1.94. The Kier molecular flexibility index (Phi) is 69.6. The van der Waals surface area contributed by atoms with Crippen molar-refractivity contribution in [2.24, 2.45) is 23.7 Å². The smallest absolute Gasteiger partial charge is 0.462 e. The van der Waals surface area contributed by atoms with Crippen LogP contribution in [0.3, 0.4) is 0 Å². The molecule has 0 aromatic carbocycles. The van der Waals surface area contributed by atoms with Crippen LogP contribution in [0.2, 0.25) is 0 Å². The monoisotopic (exact) mass is 1480 g/mol. The normalized spacial score (nSPS) is 14.3. The molecule has 0 aliphatic carbocycles. The molecule has 6 atom stereocenters. The van der Waals surface area contributed by atoms with Crippen LogP contribution in [0, 0.1) is 23.7 Å². The second-order valence-corrected chi connectivity index (χ2v) is 34.1. The number of hydrogen-bond donors (Lipinski definition) is 3. The minimum Gasteiger partial charge on any atom is -0.462 e. The molecule has 0 radical (unpaired) electrons. The number of unbranched alkanes of at least 4 members (excludes halogenated alkanes) is 44. The first-order valence-corrected chi connectivity index (χ1v) is 45.2. The van der Waals surface area contributed by atoms with Gasteiger partial charge in [0.1, 0.15) is 19.3 Å². The van der Waals surface area contributed by atoms with Gasteiger partial charge in [-0.3, -0.25) is 37.3 Å². The molecule has 0 saturated carbocycles. The predicted octanol–water partition coefficient (Wildman–Crippen LogP) is 24.4. The van der Waals surface area contributed by atoms with Crippen molar-refractivity contribution in [2.75, 3.05) is 39.6 Å². The van der Waals surface area contributed by atoms with E-state index in [1.54, 1.807) is 0 Å². The highest BCUT2D eigenvalue weighted by atomic mass is 31.2. The second kappa shape index (κ2) is 71.0. The lowest BCUT2D eigenvalue weighted by atomic mass is 9.99. The van der Waals surface area contributed by atoms with E-state index in [-0.39, 0.29) is 25.7 Å². The van der Waals surface area contributed by atoms with Crippen LogP contribution < -0.4 is 0 Å². The maximum atomic E-state index is 13.1. The van der Waals surface area contributed by atoms with Crippen molar-refractivity contribution in [3.8, 4) is 0 Å². The minimum atomic E-state index is -4.96. The molecule has 600 valence electrons. The summed E-state index contributed by atoms with van der Waals surface area (Å²) in [5.74, 6) is 1.01. The van der Waals surface area contributed by atoms with Gasteiger partial charge in [0.25, 0.3) is 0 Å². The van der Waals surface area contributed by atoms with Crippen LogP contribution in [0.1, 0.15) is 421 Å². The fourth-order valence-corrected chi connectivity index (χ4v) is 14.2. The number of aliphatic hydroxyl groups is 1. The van der Waals surface area contributed by atoms with Crippen molar-refractivity contribution in [1.82, 2.24) is 0 Å². The molecule has 0 fully saturated rings. The summed E-state index contributed by atoms with van der Waals surface area (Å²) in [7, 11) is -9.92. The van der Waals surface area contributed by atoms with Gasteiger partial charge in [-0.15, -0.1) is 0 Å². The van der Waals surface area contributed by atoms with E-state index >= 15 is 0 Å². The molecule has 101 heavy (non-hydrogen) atoms. The standard InChI is InChI=1S/C82H160O17P2/c1-9-75(8)61-53-45-37-28-22-18-14-12-10-11-13-15-19-23-29-38-46-54-62-79(84)92-68-77(98-81(86)64-56-48-40-30-24-20-16-17-21-26-34-42-50-58-72(2)3)70-96-100(88,89)94-66-76(83)67-95-101(90,91)97-71-78(69-93-80(85)63-55-47-39-33-32-36-44-52-60-74(6)7)99-82(87)65-57-49-41-31-25-27-35-43-51-59-73(4)5/h72-78,83H,9-71H2,1-8H3,(H,88,89)(H,90,91)/t75?,76?,77-,78-/m1/s1. The van der Waals surface area contributed by atoms with Gasteiger partial charge >= 0.3 is 39.5 Å². The number of carbonyl (C=O) groups is 4. The van der Waals surface area contributed by atoms with E-state index in [2.05, 4.69) is 55.4 Å². The summed E-state index contributed by atoms with van der Waals surface area (Å²) in [6.45, 7) is 14.3. The lowest BCUT2D eigenvalue weighted by Crippen LogP contribution is -2.30. The van der Waals surface area contributed by atoms with Crippen molar-refractivity contribution in [1.29, 1.82) is 0 Å². The molecule has 0 amide bonds. The van der Waals surface area contributed by atoms with Crippen molar-refractivity contribution < 1.29 is 80.2 Å². The number of esters is 4. The van der Waals surface area contributed by atoms with Crippen LogP contribution in [0.5, 0.6) is 0 Å². The Morgan fingerprint density at radius 2 is 0.475 bits per heavy atom. The lowest BCUT2D eigenvalue weighted by molar-refractivity contribution is -0.161. The van der Waals surface area contributed by atoms with E-state index in [9.17, 15) is 43.2 Å². The molecule has 0 aliphatic heterocycles. The Labute approximate surface area is 619 Å². The highest BCUT2D eigenvalue weighted by molar-refractivity contribution is 7.47. The van der Waals surface area contributed by atoms with Gasteiger partial charge in [-0.2, -0.15) is 0 Å². The lowest BCUT2D eigenvalue weighted by Gasteiger charge is -2.21. The van der Waals surface area contributed by atoms with Crippen LogP contribution in [0.15, 0.2) is 0 Å². The number of rotatable bonds is 79. The van der Waals surface area contributed by atoms with Crippen LogP contribution in [0.25, 0.3) is 0 Å². The molecule has 0 aromatic heterocycles. The topological polar surface area (TPSA) is 237 Å². The quantitative estimate of drug-likeness (QED) is 0.0222. The molecule has 19 heteroatoms. The van der Waals surface area contributed by atoms with Gasteiger partial charge in [0.2, 0.25) is 0 Å². The Morgan fingerprint density at radius 1 is 0.277 bits per heavy atom. The summed E-state index contributed by atoms with van der Waals surface area (Å²) in [4.78, 5) is 73.0. The fraction of sp³-hybridized carbons (Fsp3) is 0.951. The van der Waals surface area contributed by atoms with Gasteiger partial charge in [-0.25, -0.2) is 9.13 Å². The fourth-order valence-electron chi connectivity index (χ4n) is 12.6. The molecule has 0 aromatic rings. The third-order valence-electron chi connectivity index (χ3n) is 19.4. The third-order valence-corrected chi connectivity index (χ3v) is 21.3. The highest BCUT2D eigenvalue weighted by Gasteiger charge is 2.30. The Morgan fingerprint density at radius 3 is 0.703 bits per heavy atom. The zero-order valence-electron chi connectivity index (χ0n) is 66.5. The number of phosphoric acid groups is 2. The van der Waals surface area contributed by atoms with Gasteiger partial charge in [0.05, 0.1) is 26.4 Å². The van der Waals surface area contributed by atoms with E-state index in [4.69, 9.17) is 37.0 Å². The van der Waals surface area contributed by atoms with Gasteiger partial charge in [0.15, 0.2) is 12.2 Å². The molecular weight excluding hydrogens is 1320 g/mol. The minimum absolute atomic E-state index is 0.105. The zero-order valence-corrected chi connectivity index (χ0v) is 68.3. The van der Waals surface area contributed by atoms with Crippen LogP contribution >= 0.6 is 15.6 Å². The Bertz CT molecular complexity index is 1970. The van der Waals surface area contributed by atoms with Crippen LogP contribution in [-0.2, 0) is 65.4 Å². The summed E-state index contributed by atoms with van der Waals surface area (Å²) in [5, 5.41) is 10.6. The first-order chi connectivity index (χ1) is 48.6. The van der Waals surface area contributed by atoms with Crippen LogP contribution in [0.4, 0.5) is 0 Å². The molecule has 3 N–H and O–H groups in total. The van der Waals surface area contributed by atoms with Gasteiger partial charge < -0.3 is 33.8 Å². The van der Waals surface area contributed by atoms with E-state index in [0.29, 0.717) is 25.7 Å². The summed E-state index contributed by atoms with van der Waals surface area (Å²) in [6.07, 6.45) is 58.4. The Balaban J connectivity index is 5.21. The molecule has 0 rings (SSSR count). The van der Waals surface area contributed by atoms with Gasteiger partial charge in [-0.1, -0.05) is 370 Å². The summed E-state index contributed by atoms with van der Waals surface area (Å²) in [6, 6.07) is 0. The maximum absolute atomic E-state index is 13.1. The summed E-state index contributed by atoms with van der Waals surface area (Å²) in [5.41, 5.74) is 0. The maximum Gasteiger partial charge on any atom is 0.472 e. The van der Waals surface area contributed by atoms with Crippen molar-refractivity contribution in [2.45, 2.75) is 440 Å². The molecule has 0 heterocycles. The SMILES string of the molecule is CCC(C)CCCCCCCCCCCCCCCCCCCCC(=O)OC[C@H](COP(=O)(O)OCC(O)COP(=O)(O)OC[C@@H](COC(=O)CCCCCCCCCCC(C)C)OC(=O)CCCCCCCCCCCC(C)C)OC(=O)CCCCCCCCCCCCCCCC(C)C. The number of hydrogen-bond acceptors (Lipinski definition) is 15. The molecule has 0 aliphatic rings. The van der Waals surface area contributed by atoms with E-state index in [1.165, 1.54) is 225 Å². The zero-order chi connectivity index (χ0) is 74.6. The van der Waals surface area contributed by atoms with Crippen molar-refractivity contribution in [3.05, 3.63) is 0 Å². The largest absolute Gasteiger partial charge is 0.472 e. The molecule has 0 spiro atoms. The van der Waals surface area contributed by atoms with Gasteiger partial charge in [0, 0.05) is 25.7 Å². The third kappa shape index (κ3) is 74.7. The first-order valence-electron chi connectivity index (χ1n) is 42.2. The summed E-state index contributed by atoms with van der Waals surface area (Å²) < 4.78 is 68.7. The molecule has 4 unspecified atom stereocenters. The van der Waals surface area contributed by atoms with Gasteiger partial charge in [-0.05, 0) is 49.4 Å². The molecule has 17 nitrogen and oxygen atoms in total. The molecule has 0 bridgehead atoms. The van der Waals surface area contributed by atoms with Crippen LogP contribution in [-0.4, -0.2) is 96.7 Å². The number of carbonyl (C=O) groups excluding carboxylic acids is 4. The number of aliphatic hydroxyl groups excluding tert-OH is 1. The van der Waals surface area contributed by atoms with E-state index in [1.807, 2.05) is 0 Å². The van der Waals surface area contributed by atoms with Crippen molar-refractivity contribution in [3.63, 3.8) is 0 Å². The van der Waals surface area contributed by atoms with Crippen molar-refractivity contribution >= 4 is 39.5 Å². The number of ether oxygens (including phenoxy) is 4. The van der Waals surface area contributed by atoms with E-state index in [0.717, 1.165) is 114 Å². The first kappa shape index (κ1) is 99.1. The number of phosphoric ester groups is 2. The second-order valence-electron chi connectivity index (χ2n) is 31.2. The molecular formula is C82H160O17P2. The predicted molar refractivity (Wildman–Crippen MR) is 414 cm³/mol. The average Bonchev–Trinajstić information content (AvgIpc) is 0.929. The average molecular weight is 1480 g/mol. The molecule has 0 saturated heterocycles.